The van der Waals surface area contributed by atoms with Gasteiger partial charge in [-0.2, -0.15) is 25.3 Å². The molecule has 0 radical (unpaired) electrons. The first kappa shape index (κ1) is 26.2. The second kappa shape index (κ2) is 18.9. The number of aliphatic hydroxyl groups is 2. The van der Waals surface area contributed by atoms with E-state index in [1.54, 1.807) is 0 Å². The summed E-state index contributed by atoms with van der Waals surface area (Å²) in [6, 6.07) is 0. The van der Waals surface area contributed by atoms with Gasteiger partial charge in [0.25, 0.3) is 5.97 Å². The quantitative estimate of drug-likeness (QED) is 0.264. The molecule has 0 aliphatic rings. The number of thiol groups is 2. The fraction of sp³-hybridized carbons (Fsp3) is 0.750. The molecule has 0 heterocycles. The third-order valence-corrected chi connectivity index (χ3v) is 1.57. The maximum atomic E-state index is 9.00. The van der Waals surface area contributed by atoms with E-state index < -0.39 is 24.1 Å². The van der Waals surface area contributed by atoms with Gasteiger partial charge in [-0.25, -0.2) is 0 Å². The minimum atomic E-state index is -1.08. The molecule has 0 bridgehead atoms. The van der Waals surface area contributed by atoms with Gasteiger partial charge in [-0.15, -0.1) is 0 Å². The van der Waals surface area contributed by atoms with Crippen molar-refractivity contribution in [1.82, 2.24) is 0 Å². The Labute approximate surface area is 134 Å². The average Bonchev–Trinajstić information content (AvgIpc) is 2.13. The van der Waals surface area contributed by atoms with Crippen molar-refractivity contribution >= 4 is 37.2 Å². The number of aliphatic hydroxyl groups excluding tert-OH is 2. The first-order valence-corrected chi connectivity index (χ1v) is 5.40. The summed E-state index contributed by atoms with van der Waals surface area (Å²) in [5.41, 5.74) is 0. The zero-order valence-corrected chi connectivity index (χ0v) is 13.8. The molecule has 0 aliphatic carbocycles. The number of rotatable bonds is 3. The van der Waals surface area contributed by atoms with E-state index in [1.807, 2.05) is 0 Å². The van der Waals surface area contributed by atoms with Gasteiger partial charge >= 0.3 is 29.6 Å². The molecule has 9 heteroatoms. The number of carboxylic acid groups (broad SMARTS) is 2. The molecule has 17 heavy (non-hydrogen) atoms. The molecule has 0 saturated heterocycles. The summed E-state index contributed by atoms with van der Waals surface area (Å²) in [6.45, 7) is 2.06. The third kappa shape index (κ3) is 47.9. The zero-order chi connectivity index (χ0) is 13.7. The van der Waals surface area contributed by atoms with Crippen LogP contribution in [0.2, 0.25) is 0 Å². The summed E-state index contributed by atoms with van der Waals surface area (Å²) in [5.74, 6) is -1.36. The molecule has 2 atom stereocenters. The second-order valence-corrected chi connectivity index (χ2v) is 3.24. The van der Waals surface area contributed by atoms with Crippen LogP contribution in [0.1, 0.15) is 13.8 Å². The summed E-state index contributed by atoms with van der Waals surface area (Å²) in [5, 5.41) is 33.8. The van der Waals surface area contributed by atoms with Crippen molar-refractivity contribution in [2.24, 2.45) is 0 Å². The smallest absolute Gasteiger partial charge is 0.550 e. The molecule has 6 nitrogen and oxygen atoms in total. The molecule has 0 rings (SSSR count). The molecule has 0 amide bonds. The molecule has 0 fully saturated rings. The van der Waals surface area contributed by atoms with Crippen molar-refractivity contribution < 1.29 is 59.6 Å². The molecule has 2 unspecified atom stereocenters. The second-order valence-electron chi connectivity index (χ2n) is 2.51. The fourth-order valence-electron chi connectivity index (χ4n) is 0.243. The molecular weight excluding hydrogens is 279 g/mol. The Hall–Kier alpha value is 0.560. The van der Waals surface area contributed by atoms with Crippen molar-refractivity contribution in [2.75, 3.05) is 11.5 Å². The number of hydrogen-bond acceptors (Lipinski definition) is 7. The van der Waals surface area contributed by atoms with Crippen molar-refractivity contribution in [3.8, 4) is 0 Å². The Balaban J connectivity index is -0.0000000806. The maximum absolute atomic E-state index is 9.00. The van der Waals surface area contributed by atoms with Gasteiger partial charge in [0, 0.05) is 24.4 Å². The van der Waals surface area contributed by atoms with Crippen LogP contribution in [0.4, 0.5) is 0 Å². The minimum absolute atomic E-state index is 0. The van der Waals surface area contributed by atoms with Gasteiger partial charge in [-0.05, 0) is 6.92 Å². The molecule has 0 aromatic rings. The predicted molar refractivity (Wildman–Crippen MR) is 63.7 cm³/mol. The van der Waals surface area contributed by atoms with E-state index >= 15 is 0 Å². The van der Waals surface area contributed by atoms with Gasteiger partial charge in [0.2, 0.25) is 0 Å². The van der Waals surface area contributed by atoms with Crippen molar-refractivity contribution in [3.05, 3.63) is 0 Å². The fourth-order valence-corrected chi connectivity index (χ4v) is 0.730. The predicted octanol–water partition coefficient (Wildman–Crippen LogP) is -4.58. The van der Waals surface area contributed by atoms with Gasteiger partial charge in [-0.3, -0.25) is 4.79 Å². The van der Waals surface area contributed by atoms with Gasteiger partial charge < -0.3 is 25.2 Å². The summed E-state index contributed by atoms with van der Waals surface area (Å²) < 4.78 is 0. The first-order chi connectivity index (χ1) is 7.18. The van der Waals surface area contributed by atoms with Gasteiger partial charge in [-0.1, -0.05) is 0 Å². The molecule has 98 valence electrons. The van der Waals surface area contributed by atoms with Crippen LogP contribution in [-0.4, -0.2) is 51.0 Å². The Morgan fingerprint density at radius 1 is 1.12 bits per heavy atom. The van der Waals surface area contributed by atoms with Crippen LogP contribution in [-0.2, 0) is 9.59 Å². The Morgan fingerprint density at radius 3 is 1.29 bits per heavy atom. The molecular formula is C8H17NaO6S2. The van der Waals surface area contributed by atoms with Gasteiger partial charge in [0.15, 0.2) is 0 Å². The number of carbonyl (C=O) groups is 2. The summed E-state index contributed by atoms with van der Waals surface area (Å²) in [4.78, 5) is 17.9. The zero-order valence-electron chi connectivity index (χ0n) is 10.0. The summed E-state index contributed by atoms with van der Waals surface area (Å²) in [6.07, 6.45) is -1.48. The van der Waals surface area contributed by atoms with Crippen LogP contribution >= 0.6 is 25.3 Å². The van der Waals surface area contributed by atoms with E-state index in [4.69, 9.17) is 30.0 Å². The van der Waals surface area contributed by atoms with E-state index in [-0.39, 0.29) is 41.1 Å². The molecule has 0 saturated carbocycles. The van der Waals surface area contributed by atoms with Crippen molar-refractivity contribution in [2.45, 2.75) is 26.1 Å². The van der Waals surface area contributed by atoms with Crippen LogP contribution in [0.3, 0.4) is 0 Å². The number of hydrogen-bond donors (Lipinski definition) is 5. The van der Waals surface area contributed by atoms with E-state index in [9.17, 15) is 0 Å². The van der Waals surface area contributed by atoms with Crippen molar-refractivity contribution in [3.63, 3.8) is 0 Å². The van der Waals surface area contributed by atoms with Crippen LogP contribution in [0, 0.1) is 0 Å². The van der Waals surface area contributed by atoms with Crippen LogP contribution < -0.4 is 34.7 Å². The third-order valence-electron chi connectivity index (χ3n) is 0.818. The SMILES string of the molecule is CC(=O)O.CC(=O)[O-].OC(CS)C(O)CS.[Na+]. The topological polar surface area (TPSA) is 118 Å². The van der Waals surface area contributed by atoms with E-state index in [2.05, 4.69) is 25.3 Å². The molecule has 0 aromatic carbocycles. The Bertz CT molecular complexity index is 165. The molecule has 0 spiro atoms. The standard InChI is InChI=1S/C4H10O2S2.2C2H4O2.Na/c5-3(1-7)4(6)2-8;2*1-2(3)4;/h3-8H,1-2H2;2*1H3,(H,3,4);/q;;;+1/p-1. The largest absolute Gasteiger partial charge is 1.00 e. The van der Waals surface area contributed by atoms with Crippen LogP contribution in [0.15, 0.2) is 0 Å². The maximum Gasteiger partial charge on any atom is 1.00 e. The normalized spacial score (nSPS) is 11.4. The molecule has 0 aliphatic heterocycles. The van der Waals surface area contributed by atoms with Crippen LogP contribution in [0.5, 0.6) is 0 Å². The van der Waals surface area contributed by atoms with E-state index in [0.29, 0.717) is 0 Å². The molecule has 0 aromatic heterocycles. The number of carbonyl (C=O) groups excluding carboxylic acids is 1. The van der Waals surface area contributed by atoms with Crippen LogP contribution in [0.25, 0.3) is 0 Å². The molecule has 3 N–H and O–H groups in total. The monoisotopic (exact) mass is 296 g/mol. The average molecular weight is 296 g/mol. The van der Waals surface area contributed by atoms with E-state index in [0.717, 1.165) is 13.8 Å². The number of aliphatic carboxylic acids is 2. The number of carboxylic acids is 2. The van der Waals surface area contributed by atoms with Gasteiger partial charge in [0.1, 0.15) is 0 Å². The van der Waals surface area contributed by atoms with Crippen molar-refractivity contribution in [1.29, 1.82) is 0 Å². The first-order valence-electron chi connectivity index (χ1n) is 4.13. The Morgan fingerprint density at radius 2 is 1.24 bits per heavy atom. The summed E-state index contributed by atoms with van der Waals surface area (Å²) in [7, 11) is 0. The van der Waals surface area contributed by atoms with Gasteiger partial charge in [0.05, 0.1) is 12.2 Å². The minimum Gasteiger partial charge on any atom is -0.550 e. The Kier molecular flexibility index (Phi) is 29.1. The van der Waals surface area contributed by atoms with E-state index in [1.165, 1.54) is 0 Å². The summed E-state index contributed by atoms with van der Waals surface area (Å²) >= 11 is 7.53.